The lowest BCUT2D eigenvalue weighted by Crippen LogP contribution is -2.13. The number of nitrogens with zero attached hydrogens (tertiary/aromatic N) is 2. The molecule has 3 rings (SSSR count). The highest BCUT2D eigenvalue weighted by Gasteiger charge is 2.17. The van der Waals surface area contributed by atoms with Crippen LogP contribution >= 0.6 is 11.6 Å². The number of aromatic nitrogens is 2. The van der Waals surface area contributed by atoms with Crippen LogP contribution in [-0.2, 0) is 0 Å². The summed E-state index contributed by atoms with van der Waals surface area (Å²) < 4.78 is 15.6. The van der Waals surface area contributed by atoms with Gasteiger partial charge >= 0.3 is 0 Å². The molecule has 1 aromatic heterocycles. The molecule has 0 unspecified atom stereocenters. The number of hydrogen-bond acceptors (Lipinski definition) is 6. The summed E-state index contributed by atoms with van der Waals surface area (Å²) in [6, 6.07) is 12.1. The van der Waals surface area contributed by atoms with Gasteiger partial charge in [0.25, 0.3) is 5.91 Å². The average molecular weight is 402 g/mol. The van der Waals surface area contributed by atoms with E-state index in [0.717, 1.165) is 24.2 Å². The molecule has 0 spiro atoms. The van der Waals surface area contributed by atoms with Crippen LogP contribution in [0.5, 0.6) is 11.5 Å². The Hall–Kier alpha value is -3.06. The van der Waals surface area contributed by atoms with Gasteiger partial charge in [-0.2, -0.15) is 0 Å². The van der Waals surface area contributed by atoms with Crippen molar-refractivity contribution in [2.45, 2.75) is 19.8 Å². The number of amides is 1. The Bertz CT molecular complexity index is 941. The molecular weight excluding hydrogens is 382 g/mol. The zero-order chi connectivity index (χ0) is 19.9. The van der Waals surface area contributed by atoms with Crippen LogP contribution < -0.4 is 14.8 Å². The van der Waals surface area contributed by atoms with Gasteiger partial charge in [-0.25, -0.2) is 4.63 Å². The van der Waals surface area contributed by atoms with Gasteiger partial charge in [0.1, 0.15) is 11.5 Å². The second-order valence-electron chi connectivity index (χ2n) is 5.99. The van der Waals surface area contributed by atoms with Gasteiger partial charge in [-0.15, -0.1) is 0 Å². The molecule has 7 nitrogen and oxygen atoms in total. The fourth-order valence-electron chi connectivity index (χ4n) is 2.49. The first kappa shape index (κ1) is 19.7. The second kappa shape index (κ2) is 9.23. The van der Waals surface area contributed by atoms with E-state index in [2.05, 4.69) is 22.6 Å². The molecule has 0 atom stereocenters. The molecule has 146 valence electrons. The number of benzene rings is 2. The molecule has 0 aliphatic carbocycles. The van der Waals surface area contributed by atoms with E-state index in [9.17, 15) is 4.79 Å². The number of ether oxygens (including phenoxy) is 2. The summed E-state index contributed by atoms with van der Waals surface area (Å²) >= 11 is 6.08. The molecule has 0 radical (unpaired) electrons. The summed E-state index contributed by atoms with van der Waals surface area (Å²) in [7, 11) is 1.51. The number of anilines is 1. The van der Waals surface area contributed by atoms with E-state index in [1.807, 2.05) is 24.3 Å². The lowest BCUT2D eigenvalue weighted by atomic mass is 10.1. The van der Waals surface area contributed by atoms with Crippen LogP contribution in [-0.4, -0.2) is 29.9 Å². The van der Waals surface area contributed by atoms with Crippen LogP contribution in [0.25, 0.3) is 11.3 Å². The van der Waals surface area contributed by atoms with E-state index in [-0.39, 0.29) is 11.7 Å². The number of methoxy groups -OCH3 is 1. The minimum absolute atomic E-state index is 0.219. The Balaban J connectivity index is 1.73. The molecular formula is C20H20ClN3O4. The number of halogens is 1. The Morgan fingerprint density at radius 3 is 2.64 bits per heavy atom. The Morgan fingerprint density at radius 1 is 1.18 bits per heavy atom. The third-order valence-electron chi connectivity index (χ3n) is 4.03. The normalized spacial score (nSPS) is 10.5. The van der Waals surface area contributed by atoms with Gasteiger partial charge in [0.15, 0.2) is 5.69 Å². The second-order valence-corrected chi connectivity index (χ2v) is 6.40. The molecule has 8 heteroatoms. The van der Waals surface area contributed by atoms with Crippen molar-refractivity contribution in [1.82, 2.24) is 10.3 Å². The monoisotopic (exact) mass is 401 g/mol. The molecule has 0 saturated heterocycles. The van der Waals surface area contributed by atoms with E-state index in [0.29, 0.717) is 28.6 Å². The van der Waals surface area contributed by atoms with E-state index >= 15 is 0 Å². The van der Waals surface area contributed by atoms with Crippen molar-refractivity contribution in [3.8, 4) is 22.8 Å². The van der Waals surface area contributed by atoms with E-state index in [1.165, 1.54) is 13.2 Å². The molecule has 0 saturated carbocycles. The Labute approximate surface area is 167 Å². The Morgan fingerprint density at radius 2 is 1.96 bits per heavy atom. The number of nitrogens with one attached hydrogen (secondary N) is 1. The predicted octanol–water partition coefficient (Wildman–Crippen LogP) is 4.83. The lowest BCUT2D eigenvalue weighted by Gasteiger charge is -2.07. The van der Waals surface area contributed by atoms with Crippen LogP contribution in [0.1, 0.15) is 30.1 Å². The maximum Gasteiger partial charge on any atom is 0.257 e. The third-order valence-corrected chi connectivity index (χ3v) is 4.32. The molecule has 0 bridgehead atoms. The molecule has 0 aliphatic rings. The molecule has 0 aliphatic heterocycles. The molecule has 1 heterocycles. The summed E-state index contributed by atoms with van der Waals surface area (Å²) in [5.41, 5.74) is 1.53. The predicted molar refractivity (Wildman–Crippen MR) is 106 cm³/mol. The van der Waals surface area contributed by atoms with Crippen LogP contribution in [0.4, 0.5) is 5.82 Å². The minimum atomic E-state index is -0.388. The quantitative estimate of drug-likeness (QED) is 0.544. The van der Waals surface area contributed by atoms with Crippen molar-refractivity contribution >= 4 is 23.3 Å². The number of unbranched alkanes of at least 4 members (excludes halogenated alkanes) is 1. The van der Waals surface area contributed by atoms with E-state index in [4.69, 9.17) is 25.7 Å². The standard InChI is InChI=1S/C20H20ClN3O4/c1-3-4-11-27-15-8-5-13(6-9-15)18-19(24-28-23-18)22-20(25)14-7-10-17(26-2)16(21)12-14/h5-10,12H,3-4,11H2,1-2H3,(H,22,24,25). The third kappa shape index (κ3) is 4.61. The zero-order valence-corrected chi connectivity index (χ0v) is 16.3. The first-order valence-corrected chi connectivity index (χ1v) is 9.21. The molecule has 1 amide bonds. The molecule has 28 heavy (non-hydrogen) atoms. The number of carbonyl (C=O) groups is 1. The van der Waals surface area contributed by atoms with Gasteiger partial charge in [0.2, 0.25) is 5.82 Å². The van der Waals surface area contributed by atoms with Crippen LogP contribution in [0.15, 0.2) is 47.1 Å². The highest BCUT2D eigenvalue weighted by Crippen LogP contribution is 2.28. The molecule has 0 fully saturated rings. The van der Waals surface area contributed by atoms with Crippen molar-refractivity contribution < 1.29 is 18.9 Å². The van der Waals surface area contributed by atoms with Crippen molar-refractivity contribution in [3.63, 3.8) is 0 Å². The maximum absolute atomic E-state index is 12.5. The number of rotatable bonds is 8. The fraction of sp³-hybridized carbons (Fsp3) is 0.250. The van der Waals surface area contributed by atoms with Gasteiger partial charge in [-0.3, -0.25) is 4.79 Å². The highest BCUT2D eigenvalue weighted by molar-refractivity contribution is 6.32. The molecule has 2 aromatic carbocycles. The van der Waals surface area contributed by atoms with Crippen LogP contribution in [0, 0.1) is 0 Å². The number of hydrogen-bond donors (Lipinski definition) is 1. The SMILES string of the molecule is CCCCOc1ccc(-c2nonc2NC(=O)c2ccc(OC)c(Cl)c2)cc1. The summed E-state index contributed by atoms with van der Waals surface area (Å²) in [6.45, 7) is 2.78. The average Bonchev–Trinajstić information content (AvgIpc) is 3.16. The van der Waals surface area contributed by atoms with Crippen molar-refractivity contribution in [1.29, 1.82) is 0 Å². The topological polar surface area (TPSA) is 86.5 Å². The minimum Gasteiger partial charge on any atom is -0.495 e. The first-order chi connectivity index (χ1) is 13.6. The van der Waals surface area contributed by atoms with E-state index < -0.39 is 0 Å². The van der Waals surface area contributed by atoms with Crippen LogP contribution in [0.2, 0.25) is 5.02 Å². The van der Waals surface area contributed by atoms with Gasteiger partial charge in [0.05, 0.1) is 18.7 Å². The van der Waals surface area contributed by atoms with E-state index in [1.54, 1.807) is 12.1 Å². The summed E-state index contributed by atoms with van der Waals surface area (Å²) in [5, 5.41) is 10.7. The Kier molecular flexibility index (Phi) is 6.49. The van der Waals surface area contributed by atoms with Crippen LogP contribution in [0.3, 0.4) is 0 Å². The van der Waals surface area contributed by atoms with Gasteiger partial charge in [-0.05, 0) is 59.2 Å². The van der Waals surface area contributed by atoms with Gasteiger partial charge < -0.3 is 14.8 Å². The fourth-order valence-corrected chi connectivity index (χ4v) is 2.75. The first-order valence-electron chi connectivity index (χ1n) is 8.83. The summed E-state index contributed by atoms with van der Waals surface area (Å²) in [6.07, 6.45) is 2.08. The van der Waals surface area contributed by atoms with Gasteiger partial charge in [0, 0.05) is 11.1 Å². The number of carbonyl (C=O) groups excluding carboxylic acids is 1. The maximum atomic E-state index is 12.5. The zero-order valence-electron chi connectivity index (χ0n) is 15.6. The van der Waals surface area contributed by atoms with Crippen molar-refractivity contribution in [2.75, 3.05) is 19.0 Å². The van der Waals surface area contributed by atoms with Gasteiger partial charge in [-0.1, -0.05) is 24.9 Å². The van der Waals surface area contributed by atoms with Crippen molar-refractivity contribution in [2.24, 2.45) is 0 Å². The lowest BCUT2D eigenvalue weighted by molar-refractivity contribution is 0.102. The summed E-state index contributed by atoms with van der Waals surface area (Å²) in [4.78, 5) is 12.5. The molecule has 3 aromatic rings. The highest BCUT2D eigenvalue weighted by atomic mass is 35.5. The smallest absolute Gasteiger partial charge is 0.257 e. The largest absolute Gasteiger partial charge is 0.495 e. The van der Waals surface area contributed by atoms with Crippen molar-refractivity contribution in [3.05, 3.63) is 53.1 Å². The summed E-state index contributed by atoms with van der Waals surface area (Å²) in [5.74, 6) is 1.09. The molecule has 1 N–H and O–H groups in total.